The molecule has 0 aliphatic carbocycles. The van der Waals surface area contributed by atoms with E-state index in [1.165, 1.54) is 12.0 Å². The van der Waals surface area contributed by atoms with Gasteiger partial charge in [-0.3, -0.25) is 4.79 Å². The van der Waals surface area contributed by atoms with Crippen LogP contribution in [0.15, 0.2) is 0 Å². The van der Waals surface area contributed by atoms with E-state index in [9.17, 15) is 14.4 Å². The van der Waals surface area contributed by atoms with Crippen LogP contribution in [0.25, 0.3) is 0 Å². The van der Waals surface area contributed by atoms with Gasteiger partial charge in [-0.25, -0.2) is 9.59 Å². The number of amides is 3. The number of ether oxygens (including phenoxy) is 2. The van der Waals surface area contributed by atoms with Gasteiger partial charge in [-0.05, 0) is 13.3 Å². The van der Waals surface area contributed by atoms with Gasteiger partial charge in [-0.2, -0.15) is 0 Å². The molecule has 1 heterocycles. The van der Waals surface area contributed by atoms with Gasteiger partial charge in [0.15, 0.2) is 0 Å². The number of primary amides is 1. The van der Waals surface area contributed by atoms with Gasteiger partial charge in [0.1, 0.15) is 0 Å². The summed E-state index contributed by atoms with van der Waals surface area (Å²) in [6, 6.07) is -1.02. The standard InChI is InChI=1S/C11H19N3O5/c1-3-19-11(17)13-8-4-7(9(15)18-2)5-14(6-8)10(12)16/h7-8H,3-6H2,1-2H3,(H2,12,16)(H,13,17). The zero-order valence-corrected chi connectivity index (χ0v) is 11.0. The third kappa shape index (κ3) is 4.31. The van der Waals surface area contributed by atoms with E-state index in [1.807, 2.05) is 0 Å². The molecule has 1 saturated heterocycles. The summed E-state index contributed by atoms with van der Waals surface area (Å²) in [6.07, 6.45) is -0.197. The summed E-state index contributed by atoms with van der Waals surface area (Å²) in [5.74, 6) is -0.931. The number of carbonyl (C=O) groups excluding carboxylic acids is 3. The van der Waals surface area contributed by atoms with Crippen molar-refractivity contribution < 1.29 is 23.9 Å². The molecule has 3 N–H and O–H groups in total. The molecule has 1 fully saturated rings. The molecule has 0 saturated carbocycles. The molecule has 0 radical (unpaired) electrons. The largest absolute Gasteiger partial charge is 0.469 e. The third-order valence-corrected chi connectivity index (χ3v) is 2.89. The van der Waals surface area contributed by atoms with Gasteiger partial charge in [0.2, 0.25) is 0 Å². The molecule has 8 nitrogen and oxygen atoms in total. The van der Waals surface area contributed by atoms with E-state index >= 15 is 0 Å². The van der Waals surface area contributed by atoms with Gasteiger partial charge >= 0.3 is 18.1 Å². The van der Waals surface area contributed by atoms with Gasteiger partial charge in [0.05, 0.1) is 25.7 Å². The quantitative estimate of drug-likeness (QED) is 0.684. The van der Waals surface area contributed by atoms with Crippen molar-refractivity contribution in [2.45, 2.75) is 19.4 Å². The minimum Gasteiger partial charge on any atom is -0.469 e. The summed E-state index contributed by atoms with van der Waals surface area (Å²) in [4.78, 5) is 35.4. The molecule has 1 rings (SSSR count). The van der Waals surface area contributed by atoms with Crippen LogP contribution in [-0.2, 0) is 14.3 Å². The van der Waals surface area contributed by atoms with E-state index in [4.69, 9.17) is 10.5 Å². The van der Waals surface area contributed by atoms with Crippen LogP contribution in [0.5, 0.6) is 0 Å². The van der Waals surface area contributed by atoms with Crippen molar-refractivity contribution in [1.82, 2.24) is 10.2 Å². The summed E-state index contributed by atoms with van der Waals surface area (Å²) in [6.45, 7) is 2.39. The predicted molar refractivity (Wildman–Crippen MR) is 65.2 cm³/mol. The lowest BCUT2D eigenvalue weighted by molar-refractivity contribution is -0.147. The number of likely N-dealkylation sites (tertiary alicyclic amines) is 1. The van der Waals surface area contributed by atoms with Crippen molar-refractivity contribution in [3.05, 3.63) is 0 Å². The zero-order valence-electron chi connectivity index (χ0n) is 11.0. The Morgan fingerprint density at radius 2 is 2.05 bits per heavy atom. The number of carbonyl (C=O) groups is 3. The van der Waals surface area contributed by atoms with Crippen LogP contribution in [0, 0.1) is 5.92 Å². The molecule has 1 aliphatic heterocycles. The average molecular weight is 273 g/mol. The molecule has 1 aliphatic rings. The first-order valence-corrected chi connectivity index (χ1v) is 6.03. The van der Waals surface area contributed by atoms with Crippen LogP contribution in [-0.4, -0.2) is 55.8 Å². The van der Waals surface area contributed by atoms with Gasteiger partial charge in [0.25, 0.3) is 0 Å². The third-order valence-electron chi connectivity index (χ3n) is 2.89. The molecular formula is C11H19N3O5. The Morgan fingerprint density at radius 3 is 2.58 bits per heavy atom. The van der Waals surface area contributed by atoms with E-state index in [-0.39, 0.29) is 25.7 Å². The van der Waals surface area contributed by atoms with Crippen LogP contribution in [0.3, 0.4) is 0 Å². The highest BCUT2D eigenvalue weighted by Crippen LogP contribution is 2.18. The Balaban J connectivity index is 2.67. The number of nitrogens with two attached hydrogens (primary N) is 1. The molecular weight excluding hydrogens is 254 g/mol. The predicted octanol–water partition coefficient (Wildman–Crippen LogP) is -0.325. The fourth-order valence-electron chi connectivity index (χ4n) is 2.06. The molecule has 19 heavy (non-hydrogen) atoms. The summed E-state index contributed by atoms with van der Waals surface area (Å²) in [5.41, 5.74) is 5.21. The summed E-state index contributed by atoms with van der Waals surface area (Å²) < 4.78 is 9.42. The molecule has 2 unspecified atom stereocenters. The molecule has 3 amide bonds. The molecule has 8 heteroatoms. The second-order valence-corrected chi connectivity index (χ2v) is 4.26. The molecule has 108 valence electrons. The molecule has 0 bridgehead atoms. The lowest BCUT2D eigenvalue weighted by Crippen LogP contribution is -2.55. The Hall–Kier alpha value is -1.99. The van der Waals surface area contributed by atoms with Crippen LogP contribution in [0.1, 0.15) is 13.3 Å². The Kier molecular flexibility index (Phi) is 5.40. The highest BCUT2D eigenvalue weighted by Gasteiger charge is 2.34. The Bertz CT molecular complexity index is 360. The molecule has 0 aromatic carbocycles. The zero-order chi connectivity index (χ0) is 14.4. The number of nitrogens with zero attached hydrogens (tertiary/aromatic N) is 1. The number of alkyl carbamates (subject to hydrolysis) is 1. The first kappa shape index (κ1) is 15.1. The van der Waals surface area contributed by atoms with Crippen molar-refractivity contribution in [3.63, 3.8) is 0 Å². The second-order valence-electron chi connectivity index (χ2n) is 4.26. The first-order valence-electron chi connectivity index (χ1n) is 6.03. The number of esters is 1. The minimum atomic E-state index is -0.635. The van der Waals surface area contributed by atoms with Crippen molar-refractivity contribution in [3.8, 4) is 0 Å². The minimum absolute atomic E-state index is 0.197. The fourth-order valence-corrected chi connectivity index (χ4v) is 2.06. The van der Waals surface area contributed by atoms with Crippen LogP contribution >= 0.6 is 0 Å². The number of nitrogens with one attached hydrogen (secondary N) is 1. The van der Waals surface area contributed by atoms with Crippen molar-refractivity contribution in [2.75, 3.05) is 26.8 Å². The lowest BCUT2D eigenvalue weighted by atomic mass is 9.94. The van der Waals surface area contributed by atoms with E-state index in [1.54, 1.807) is 6.92 Å². The smallest absolute Gasteiger partial charge is 0.407 e. The van der Waals surface area contributed by atoms with Gasteiger partial charge < -0.3 is 25.4 Å². The number of piperidine rings is 1. The van der Waals surface area contributed by atoms with Gasteiger partial charge in [-0.15, -0.1) is 0 Å². The Labute approximate surface area is 111 Å². The molecule has 0 spiro atoms. The SMILES string of the molecule is CCOC(=O)NC1CC(C(=O)OC)CN(C(N)=O)C1. The highest BCUT2D eigenvalue weighted by atomic mass is 16.5. The number of rotatable bonds is 3. The molecule has 2 atom stereocenters. The summed E-state index contributed by atoms with van der Waals surface area (Å²) in [5, 5.41) is 2.60. The molecule has 0 aromatic heterocycles. The highest BCUT2D eigenvalue weighted by molar-refractivity contribution is 5.76. The molecule has 0 aromatic rings. The topological polar surface area (TPSA) is 111 Å². The second kappa shape index (κ2) is 6.81. The van der Waals surface area contributed by atoms with Crippen LogP contribution in [0.2, 0.25) is 0 Å². The maximum absolute atomic E-state index is 11.5. The average Bonchev–Trinajstić information content (AvgIpc) is 2.37. The van der Waals surface area contributed by atoms with Crippen molar-refractivity contribution in [1.29, 1.82) is 0 Å². The van der Waals surface area contributed by atoms with Gasteiger partial charge in [0, 0.05) is 13.1 Å². The first-order chi connectivity index (χ1) is 8.97. The Morgan fingerprint density at radius 1 is 1.37 bits per heavy atom. The maximum atomic E-state index is 11.5. The normalized spacial score (nSPS) is 22.5. The van der Waals surface area contributed by atoms with Crippen LogP contribution in [0.4, 0.5) is 9.59 Å². The number of hydrogen-bond donors (Lipinski definition) is 2. The maximum Gasteiger partial charge on any atom is 0.407 e. The van der Waals surface area contributed by atoms with Gasteiger partial charge in [-0.1, -0.05) is 0 Å². The van der Waals surface area contributed by atoms with E-state index in [0.717, 1.165) is 0 Å². The number of hydrogen-bond acceptors (Lipinski definition) is 5. The van der Waals surface area contributed by atoms with Crippen molar-refractivity contribution in [2.24, 2.45) is 11.7 Å². The van der Waals surface area contributed by atoms with E-state index < -0.39 is 24.0 Å². The van der Waals surface area contributed by atoms with Crippen molar-refractivity contribution >= 4 is 18.1 Å². The lowest BCUT2D eigenvalue weighted by Gasteiger charge is -2.35. The van der Waals surface area contributed by atoms with Crippen LogP contribution < -0.4 is 11.1 Å². The summed E-state index contributed by atoms with van der Waals surface area (Å²) in [7, 11) is 1.28. The number of urea groups is 1. The van der Waals surface area contributed by atoms with E-state index in [0.29, 0.717) is 6.42 Å². The summed E-state index contributed by atoms with van der Waals surface area (Å²) >= 11 is 0. The number of methoxy groups -OCH3 is 1. The van der Waals surface area contributed by atoms with E-state index in [2.05, 4.69) is 10.1 Å². The monoisotopic (exact) mass is 273 g/mol. The fraction of sp³-hybridized carbons (Fsp3) is 0.727.